The second-order valence-electron chi connectivity index (χ2n) is 3.02. The molecule has 0 bridgehead atoms. The normalized spacial score (nSPS) is 9.93. The number of ketones is 1. The van der Waals surface area contributed by atoms with Gasteiger partial charge in [-0.3, -0.25) is 4.79 Å². The molecule has 0 unspecified atom stereocenters. The van der Waals surface area contributed by atoms with E-state index in [1.165, 1.54) is 20.1 Å². The summed E-state index contributed by atoms with van der Waals surface area (Å²) in [5, 5.41) is 8.83. The number of hydrogen-bond acceptors (Lipinski definition) is 3. The third kappa shape index (κ3) is 2.96. The molecule has 1 rings (SSSR count). The number of nitrogens with zero attached hydrogens (tertiary/aromatic N) is 1. The largest absolute Gasteiger partial charge is 0.495 e. The minimum atomic E-state index is -0.0238. The van der Waals surface area contributed by atoms with E-state index in [1.54, 1.807) is 24.3 Å². The van der Waals surface area contributed by atoms with E-state index in [1.807, 2.05) is 6.07 Å². The predicted octanol–water partition coefficient (Wildman–Crippen LogP) is 2.17. The molecule has 15 heavy (non-hydrogen) atoms. The predicted molar refractivity (Wildman–Crippen MR) is 57.4 cm³/mol. The van der Waals surface area contributed by atoms with E-state index >= 15 is 0 Å². The van der Waals surface area contributed by atoms with Gasteiger partial charge in [0.25, 0.3) is 0 Å². The number of methoxy groups -OCH3 is 1. The SMILES string of the molecule is COc1ccc(C=CC(C)=O)cc1C#N. The zero-order valence-corrected chi connectivity index (χ0v) is 8.65. The van der Waals surface area contributed by atoms with Crippen LogP contribution in [0.5, 0.6) is 5.75 Å². The van der Waals surface area contributed by atoms with Gasteiger partial charge in [0.2, 0.25) is 0 Å². The van der Waals surface area contributed by atoms with Gasteiger partial charge >= 0.3 is 0 Å². The van der Waals surface area contributed by atoms with Crippen molar-refractivity contribution in [1.29, 1.82) is 5.26 Å². The molecule has 0 heterocycles. The number of rotatable bonds is 3. The molecule has 1 aromatic carbocycles. The van der Waals surface area contributed by atoms with Crippen molar-refractivity contribution in [3.63, 3.8) is 0 Å². The van der Waals surface area contributed by atoms with Crippen LogP contribution in [-0.2, 0) is 4.79 Å². The Morgan fingerprint density at radius 1 is 1.53 bits per heavy atom. The lowest BCUT2D eigenvalue weighted by atomic mass is 10.1. The van der Waals surface area contributed by atoms with Gasteiger partial charge in [0.1, 0.15) is 11.8 Å². The van der Waals surface area contributed by atoms with E-state index in [2.05, 4.69) is 0 Å². The van der Waals surface area contributed by atoms with Crippen LogP contribution >= 0.6 is 0 Å². The third-order valence-electron chi connectivity index (χ3n) is 1.85. The summed E-state index contributed by atoms with van der Waals surface area (Å²) in [5.74, 6) is 0.516. The van der Waals surface area contributed by atoms with Crippen LogP contribution in [0.25, 0.3) is 6.08 Å². The van der Waals surface area contributed by atoms with Crippen molar-refractivity contribution in [2.45, 2.75) is 6.92 Å². The molecule has 0 atom stereocenters. The summed E-state index contributed by atoms with van der Waals surface area (Å²) in [7, 11) is 1.52. The average Bonchev–Trinajstić information content (AvgIpc) is 2.25. The van der Waals surface area contributed by atoms with Gasteiger partial charge in [0, 0.05) is 0 Å². The summed E-state index contributed by atoms with van der Waals surface area (Å²) in [4.78, 5) is 10.7. The number of ether oxygens (including phenoxy) is 1. The van der Waals surface area contributed by atoms with E-state index in [9.17, 15) is 4.79 Å². The van der Waals surface area contributed by atoms with Gasteiger partial charge in [-0.15, -0.1) is 0 Å². The van der Waals surface area contributed by atoms with Crippen LogP contribution in [0.3, 0.4) is 0 Å². The van der Waals surface area contributed by atoms with Gasteiger partial charge in [0.05, 0.1) is 12.7 Å². The topological polar surface area (TPSA) is 50.1 Å². The van der Waals surface area contributed by atoms with E-state index in [4.69, 9.17) is 10.00 Å². The number of carbonyl (C=O) groups excluding carboxylic acids is 1. The Bertz CT molecular complexity index is 441. The third-order valence-corrected chi connectivity index (χ3v) is 1.85. The zero-order chi connectivity index (χ0) is 11.3. The van der Waals surface area contributed by atoms with Crippen molar-refractivity contribution >= 4 is 11.9 Å². The van der Waals surface area contributed by atoms with E-state index in [0.717, 1.165) is 5.56 Å². The van der Waals surface area contributed by atoms with Crippen molar-refractivity contribution in [3.8, 4) is 11.8 Å². The Morgan fingerprint density at radius 2 is 2.27 bits per heavy atom. The first kappa shape index (κ1) is 11.0. The van der Waals surface area contributed by atoms with Crippen LogP contribution < -0.4 is 4.74 Å². The molecule has 0 fully saturated rings. The molecule has 0 aliphatic carbocycles. The maximum atomic E-state index is 10.7. The molecule has 0 spiro atoms. The first-order chi connectivity index (χ1) is 7.17. The average molecular weight is 201 g/mol. The molecule has 0 saturated heterocycles. The number of carbonyl (C=O) groups is 1. The lowest BCUT2D eigenvalue weighted by Gasteiger charge is -2.02. The molecular weight excluding hydrogens is 190 g/mol. The Hall–Kier alpha value is -2.08. The van der Waals surface area contributed by atoms with Gasteiger partial charge in [0.15, 0.2) is 5.78 Å². The van der Waals surface area contributed by atoms with Crippen LogP contribution in [0.15, 0.2) is 24.3 Å². The van der Waals surface area contributed by atoms with Crippen molar-refractivity contribution < 1.29 is 9.53 Å². The molecule has 0 aliphatic rings. The van der Waals surface area contributed by atoms with Gasteiger partial charge < -0.3 is 4.74 Å². The second kappa shape index (κ2) is 4.97. The molecule has 3 nitrogen and oxygen atoms in total. The van der Waals surface area contributed by atoms with Crippen LogP contribution in [-0.4, -0.2) is 12.9 Å². The fourth-order valence-corrected chi connectivity index (χ4v) is 1.13. The summed E-state index contributed by atoms with van der Waals surface area (Å²) >= 11 is 0. The Labute approximate surface area is 88.6 Å². The minimum Gasteiger partial charge on any atom is -0.495 e. The van der Waals surface area contributed by atoms with Gasteiger partial charge in [-0.1, -0.05) is 12.1 Å². The molecule has 0 aromatic heterocycles. The summed E-state index contributed by atoms with van der Waals surface area (Å²) < 4.78 is 5.00. The van der Waals surface area contributed by atoms with Crippen molar-refractivity contribution in [3.05, 3.63) is 35.4 Å². The monoisotopic (exact) mass is 201 g/mol. The Balaban J connectivity index is 3.04. The van der Waals surface area contributed by atoms with Gasteiger partial charge in [-0.25, -0.2) is 0 Å². The fourth-order valence-electron chi connectivity index (χ4n) is 1.13. The number of benzene rings is 1. The fraction of sp³-hybridized carbons (Fsp3) is 0.167. The Kier molecular flexibility index (Phi) is 3.64. The Morgan fingerprint density at radius 3 is 2.80 bits per heavy atom. The molecule has 0 N–H and O–H groups in total. The van der Waals surface area contributed by atoms with Crippen molar-refractivity contribution in [1.82, 2.24) is 0 Å². The second-order valence-corrected chi connectivity index (χ2v) is 3.02. The molecule has 3 heteroatoms. The highest BCUT2D eigenvalue weighted by Gasteiger charge is 2.01. The molecule has 0 radical (unpaired) electrons. The quantitative estimate of drug-likeness (QED) is 0.704. The maximum Gasteiger partial charge on any atom is 0.152 e. The van der Waals surface area contributed by atoms with E-state index < -0.39 is 0 Å². The number of nitriles is 1. The number of hydrogen-bond donors (Lipinski definition) is 0. The van der Waals surface area contributed by atoms with Crippen LogP contribution in [0.1, 0.15) is 18.1 Å². The summed E-state index contributed by atoms with van der Waals surface area (Å²) in [6, 6.07) is 7.21. The number of allylic oxidation sites excluding steroid dienone is 1. The highest BCUT2D eigenvalue weighted by molar-refractivity contribution is 5.91. The zero-order valence-electron chi connectivity index (χ0n) is 8.65. The highest BCUT2D eigenvalue weighted by atomic mass is 16.5. The molecule has 0 saturated carbocycles. The van der Waals surface area contributed by atoms with Crippen molar-refractivity contribution in [2.75, 3.05) is 7.11 Å². The first-order valence-electron chi connectivity index (χ1n) is 4.44. The van der Waals surface area contributed by atoms with Gasteiger partial charge in [-0.05, 0) is 30.7 Å². The highest BCUT2D eigenvalue weighted by Crippen LogP contribution is 2.19. The van der Waals surface area contributed by atoms with Crippen molar-refractivity contribution in [2.24, 2.45) is 0 Å². The van der Waals surface area contributed by atoms with E-state index in [0.29, 0.717) is 11.3 Å². The molecule has 76 valence electrons. The molecule has 0 amide bonds. The lowest BCUT2D eigenvalue weighted by molar-refractivity contribution is -0.112. The lowest BCUT2D eigenvalue weighted by Crippen LogP contribution is -1.88. The molecular formula is C12H11NO2. The molecule has 0 aliphatic heterocycles. The summed E-state index contributed by atoms with van der Waals surface area (Å²) in [6.45, 7) is 1.48. The minimum absolute atomic E-state index is 0.0238. The van der Waals surface area contributed by atoms with Crippen LogP contribution in [0.2, 0.25) is 0 Å². The summed E-state index contributed by atoms with van der Waals surface area (Å²) in [6.07, 6.45) is 3.13. The standard InChI is InChI=1S/C12H11NO2/c1-9(14)3-4-10-5-6-12(15-2)11(7-10)8-13/h3-7H,1-2H3. The molecule has 1 aromatic rings. The van der Waals surface area contributed by atoms with E-state index in [-0.39, 0.29) is 5.78 Å². The van der Waals surface area contributed by atoms with Crippen LogP contribution in [0, 0.1) is 11.3 Å². The first-order valence-corrected chi connectivity index (χ1v) is 4.44. The van der Waals surface area contributed by atoms with Gasteiger partial charge in [-0.2, -0.15) is 5.26 Å². The smallest absolute Gasteiger partial charge is 0.152 e. The summed E-state index contributed by atoms with van der Waals surface area (Å²) in [5.41, 5.74) is 1.27. The maximum absolute atomic E-state index is 10.7. The van der Waals surface area contributed by atoms with Crippen LogP contribution in [0.4, 0.5) is 0 Å².